The summed E-state index contributed by atoms with van der Waals surface area (Å²) >= 11 is 0. The quantitative estimate of drug-likeness (QED) is 0.866. The average Bonchev–Trinajstić information content (AvgIpc) is 2.70. The van der Waals surface area contributed by atoms with Crippen molar-refractivity contribution in [2.24, 2.45) is 0 Å². The van der Waals surface area contributed by atoms with Crippen LogP contribution in [0.3, 0.4) is 0 Å². The number of carbonyl (C=O) groups excluding carboxylic acids is 3. The Labute approximate surface area is 127 Å². The number of rotatable bonds is 2. The maximum absolute atomic E-state index is 12.5. The van der Waals surface area contributed by atoms with Crippen molar-refractivity contribution in [2.45, 2.75) is 13.8 Å². The molecule has 0 saturated carbocycles. The number of benzene rings is 2. The highest BCUT2D eigenvalue weighted by molar-refractivity contribution is 6.34. The monoisotopic (exact) mass is 294 g/mol. The topological polar surface area (TPSA) is 66.5 Å². The van der Waals surface area contributed by atoms with Gasteiger partial charge in [0.2, 0.25) is 5.91 Å². The molecule has 110 valence electrons. The van der Waals surface area contributed by atoms with E-state index in [1.807, 2.05) is 6.92 Å². The Hall–Kier alpha value is -2.95. The Morgan fingerprint density at radius 1 is 1.00 bits per heavy atom. The number of hydrogen-bond acceptors (Lipinski definition) is 3. The van der Waals surface area contributed by atoms with Crippen molar-refractivity contribution in [2.75, 3.05) is 10.2 Å². The summed E-state index contributed by atoms with van der Waals surface area (Å²) in [7, 11) is 0. The predicted octanol–water partition coefficient (Wildman–Crippen LogP) is 2.75. The molecule has 1 N–H and O–H groups in total. The van der Waals surface area contributed by atoms with Crippen LogP contribution < -0.4 is 10.2 Å². The number of anilines is 2. The number of aryl methyl sites for hydroxylation is 1. The maximum Gasteiger partial charge on any atom is 0.266 e. The number of amides is 3. The first kappa shape index (κ1) is 14.0. The highest BCUT2D eigenvalue weighted by atomic mass is 16.2. The summed E-state index contributed by atoms with van der Waals surface area (Å²) in [4.78, 5) is 37.2. The first-order valence-corrected chi connectivity index (χ1v) is 6.84. The van der Waals surface area contributed by atoms with Crippen LogP contribution in [0.2, 0.25) is 0 Å². The molecule has 2 aromatic carbocycles. The van der Waals surface area contributed by atoms with E-state index in [4.69, 9.17) is 0 Å². The van der Waals surface area contributed by atoms with Gasteiger partial charge < -0.3 is 5.32 Å². The van der Waals surface area contributed by atoms with Gasteiger partial charge in [0.1, 0.15) is 0 Å². The van der Waals surface area contributed by atoms with Crippen molar-refractivity contribution >= 4 is 29.1 Å². The number of nitrogens with one attached hydrogen (secondary N) is 1. The maximum atomic E-state index is 12.5. The minimum absolute atomic E-state index is 0.213. The van der Waals surface area contributed by atoms with Crippen molar-refractivity contribution in [3.63, 3.8) is 0 Å². The van der Waals surface area contributed by atoms with Crippen LogP contribution in [-0.2, 0) is 4.79 Å². The second-order valence-electron chi connectivity index (χ2n) is 5.23. The van der Waals surface area contributed by atoms with Crippen LogP contribution in [0.15, 0.2) is 42.5 Å². The third kappa shape index (κ3) is 2.26. The molecule has 5 heteroatoms. The van der Waals surface area contributed by atoms with Crippen LogP contribution in [0.1, 0.15) is 33.2 Å². The van der Waals surface area contributed by atoms with Crippen LogP contribution >= 0.6 is 0 Å². The molecule has 0 aromatic heterocycles. The van der Waals surface area contributed by atoms with Crippen molar-refractivity contribution in [1.29, 1.82) is 0 Å². The average molecular weight is 294 g/mol. The molecule has 2 aromatic rings. The normalized spacial score (nSPS) is 13.3. The van der Waals surface area contributed by atoms with E-state index in [0.717, 1.165) is 10.5 Å². The molecule has 1 aliphatic heterocycles. The molecule has 0 aliphatic carbocycles. The molecule has 3 amide bonds. The fourth-order valence-electron chi connectivity index (χ4n) is 2.52. The zero-order chi connectivity index (χ0) is 15.9. The summed E-state index contributed by atoms with van der Waals surface area (Å²) in [6.07, 6.45) is 0. The van der Waals surface area contributed by atoms with E-state index in [-0.39, 0.29) is 17.7 Å². The molecule has 5 nitrogen and oxygen atoms in total. The molecule has 0 fully saturated rings. The van der Waals surface area contributed by atoms with Crippen molar-refractivity contribution in [1.82, 2.24) is 0 Å². The van der Waals surface area contributed by atoms with Gasteiger partial charge in [-0.15, -0.1) is 0 Å². The summed E-state index contributed by atoms with van der Waals surface area (Å²) in [6, 6.07) is 11.9. The molecule has 0 atom stereocenters. The van der Waals surface area contributed by atoms with Gasteiger partial charge in [-0.1, -0.05) is 17.7 Å². The molecule has 0 spiro atoms. The van der Waals surface area contributed by atoms with Gasteiger partial charge in [0.15, 0.2) is 0 Å². The number of nitrogens with zero attached hydrogens (tertiary/aromatic N) is 1. The molecular weight excluding hydrogens is 280 g/mol. The third-order valence-corrected chi connectivity index (χ3v) is 3.47. The van der Waals surface area contributed by atoms with E-state index in [1.54, 1.807) is 42.5 Å². The minimum atomic E-state index is -0.347. The lowest BCUT2D eigenvalue weighted by Gasteiger charge is -2.15. The molecule has 0 unspecified atom stereocenters. The highest BCUT2D eigenvalue weighted by Gasteiger charge is 2.36. The number of carbonyl (C=O) groups is 3. The lowest BCUT2D eigenvalue weighted by atomic mass is 10.1. The molecule has 1 heterocycles. The van der Waals surface area contributed by atoms with Gasteiger partial charge in [-0.25, -0.2) is 4.90 Å². The van der Waals surface area contributed by atoms with Gasteiger partial charge >= 0.3 is 0 Å². The van der Waals surface area contributed by atoms with Gasteiger partial charge in [0.05, 0.1) is 16.8 Å². The lowest BCUT2D eigenvalue weighted by Crippen LogP contribution is -2.29. The smallest absolute Gasteiger partial charge is 0.266 e. The molecule has 0 radical (unpaired) electrons. The van der Waals surface area contributed by atoms with Crippen molar-refractivity contribution < 1.29 is 14.4 Å². The van der Waals surface area contributed by atoms with Gasteiger partial charge in [-0.05, 0) is 37.3 Å². The van der Waals surface area contributed by atoms with Crippen LogP contribution in [0.25, 0.3) is 0 Å². The largest absolute Gasteiger partial charge is 0.326 e. The Balaban J connectivity index is 2.02. The molecule has 22 heavy (non-hydrogen) atoms. The van der Waals surface area contributed by atoms with Crippen LogP contribution in [-0.4, -0.2) is 17.7 Å². The number of fused-ring (bicyclic) bond motifs is 1. The fourth-order valence-corrected chi connectivity index (χ4v) is 2.52. The summed E-state index contributed by atoms with van der Waals surface area (Å²) in [6.45, 7) is 3.27. The van der Waals surface area contributed by atoms with Crippen LogP contribution in [0, 0.1) is 6.92 Å². The number of imide groups is 1. The molecule has 0 saturated heterocycles. The Morgan fingerprint density at radius 2 is 1.73 bits per heavy atom. The third-order valence-electron chi connectivity index (χ3n) is 3.47. The highest BCUT2D eigenvalue weighted by Crippen LogP contribution is 2.30. The Kier molecular flexibility index (Phi) is 3.25. The van der Waals surface area contributed by atoms with E-state index in [9.17, 15) is 14.4 Å². The zero-order valence-corrected chi connectivity index (χ0v) is 12.2. The summed E-state index contributed by atoms with van der Waals surface area (Å²) in [5.74, 6) is -0.904. The summed E-state index contributed by atoms with van der Waals surface area (Å²) in [5, 5.41) is 2.64. The number of hydrogen-bond donors (Lipinski definition) is 1. The minimum Gasteiger partial charge on any atom is -0.326 e. The second-order valence-corrected chi connectivity index (χ2v) is 5.23. The zero-order valence-electron chi connectivity index (χ0n) is 12.2. The molecular formula is C17H14N2O3. The van der Waals surface area contributed by atoms with Gasteiger partial charge in [0.25, 0.3) is 11.8 Å². The Morgan fingerprint density at radius 3 is 2.45 bits per heavy atom. The van der Waals surface area contributed by atoms with Crippen molar-refractivity contribution in [3.05, 3.63) is 59.2 Å². The standard InChI is InChI=1S/C17H14N2O3/c1-10-6-7-14-15(8-10)17(22)19(16(14)21)13-5-3-4-12(9-13)18-11(2)20/h3-9H,1-2H3,(H,18,20). The van der Waals surface area contributed by atoms with Crippen LogP contribution in [0.5, 0.6) is 0 Å². The van der Waals surface area contributed by atoms with Gasteiger partial charge in [-0.3, -0.25) is 14.4 Å². The second kappa shape index (κ2) is 5.11. The molecule has 3 rings (SSSR count). The lowest BCUT2D eigenvalue weighted by molar-refractivity contribution is -0.114. The Bertz CT molecular complexity index is 811. The SMILES string of the molecule is CC(=O)Nc1cccc(N2C(=O)c3ccc(C)cc3C2=O)c1. The van der Waals surface area contributed by atoms with E-state index < -0.39 is 0 Å². The van der Waals surface area contributed by atoms with Gasteiger partial charge in [-0.2, -0.15) is 0 Å². The first-order chi connectivity index (χ1) is 10.5. The van der Waals surface area contributed by atoms with E-state index >= 15 is 0 Å². The van der Waals surface area contributed by atoms with E-state index in [0.29, 0.717) is 22.5 Å². The molecule has 0 bridgehead atoms. The summed E-state index contributed by atoms with van der Waals surface area (Å²) in [5.41, 5.74) is 2.72. The summed E-state index contributed by atoms with van der Waals surface area (Å²) < 4.78 is 0. The first-order valence-electron chi connectivity index (χ1n) is 6.84. The fraction of sp³-hybridized carbons (Fsp3) is 0.118. The van der Waals surface area contributed by atoms with Crippen molar-refractivity contribution in [3.8, 4) is 0 Å². The van der Waals surface area contributed by atoms with Gasteiger partial charge in [0, 0.05) is 12.6 Å². The van der Waals surface area contributed by atoms with Crippen LogP contribution in [0.4, 0.5) is 11.4 Å². The predicted molar refractivity (Wildman–Crippen MR) is 83.1 cm³/mol. The molecule has 1 aliphatic rings. The van der Waals surface area contributed by atoms with E-state index in [1.165, 1.54) is 6.92 Å². The van der Waals surface area contributed by atoms with E-state index in [2.05, 4.69) is 5.32 Å².